The first kappa shape index (κ1) is 26.5. The van der Waals surface area contributed by atoms with Crippen LogP contribution in [0.5, 0.6) is 11.5 Å². The number of ether oxygens (including phenoxy) is 4. The van der Waals surface area contributed by atoms with Crippen molar-refractivity contribution >= 4 is 15.9 Å². The fourth-order valence-corrected chi connectivity index (χ4v) is 6.41. The van der Waals surface area contributed by atoms with Crippen LogP contribution in [0.25, 0.3) is 0 Å². The minimum Gasteiger partial charge on any atom is -0.493 e. The molecule has 1 saturated carbocycles. The number of hydrogen-bond acceptors (Lipinski definition) is 5. The molecule has 1 aliphatic heterocycles. The number of halogens is 1. The summed E-state index contributed by atoms with van der Waals surface area (Å²) in [5, 5.41) is 0. The van der Waals surface area contributed by atoms with Crippen molar-refractivity contribution in [2.75, 3.05) is 27.4 Å². The van der Waals surface area contributed by atoms with E-state index in [2.05, 4.69) is 71.9 Å². The zero-order valence-electron chi connectivity index (χ0n) is 21.8. The topological polar surface area (TPSA) is 40.2 Å². The third kappa shape index (κ3) is 6.04. The van der Waals surface area contributed by atoms with Crippen LogP contribution in [0.2, 0.25) is 0 Å². The van der Waals surface area contributed by atoms with Crippen molar-refractivity contribution < 1.29 is 18.9 Å². The second kappa shape index (κ2) is 11.6. The Morgan fingerprint density at radius 1 is 1.06 bits per heavy atom. The van der Waals surface area contributed by atoms with Gasteiger partial charge in [0.05, 0.1) is 33.5 Å². The maximum atomic E-state index is 6.79. The third-order valence-corrected chi connectivity index (χ3v) is 8.67. The van der Waals surface area contributed by atoms with E-state index in [1.807, 2.05) is 12.1 Å². The molecule has 0 N–H and O–H groups in total. The molecular formula is C29H40BrNO4. The van der Waals surface area contributed by atoms with Gasteiger partial charge in [0.25, 0.3) is 0 Å². The number of nitrogens with zero attached hydrogens (tertiary/aromatic N) is 1. The molecule has 4 atom stereocenters. The molecule has 1 heterocycles. The fourth-order valence-electron chi connectivity index (χ4n) is 5.89. The predicted octanol–water partition coefficient (Wildman–Crippen LogP) is 6.47. The van der Waals surface area contributed by atoms with Crippen molar-refractivity contribution in [3.63, 3.8) is 0 Å². The molecule has 1 saturated heterocycles. The number of hydrogen-bond donors (Lipinski definition) is 0. The molecule has 35 heavy (non-hydrogen) atoms. The van der Waals surface area contributed by atoms with Gasteiger partial charge in [-0.2, -0.15) is 0 Å². The monoisotopic (exact) mass is 545 g/mol. The Morgan fingerprint density at radius 3 is 2.49 bits per heavy atom. The molecule has 6 heteroatoms. The van der Waals surface area contributed by atoms with Gasteiger partial charge in [0, 0.05) is 22.5 Å². The summed E-state index contributed by atoms with van der Waals surface area (Å²) in [5.74, 6) is 2.73. The highest BCUT2D eigenvalue weighted by Crippen LogP contribution is 2.45. The Morgan fingerprint density at radius 2 is 1.77 bits per heavy atom. The van der Waals surface area contributed by atoms with Gasteiger partial charge in [-0.05, 0) is 62.3 Å². The van der Waals surface area contributed by atoms with Gasteiger partial charge in [-0.1, -0.05) is 59.6 Å². The van der Waals surface area contributed by atoms with Crippen LogP contribution in [-0.2, 0) is 22.5 Å². The van der Waals surface area contributed by atoms with Crippen LogP contribution in [0.4, 0.5) is 0 Å². The van der Waals surface area contributed by atoms with Crippen LogP contribution < -0.4 is 9.47 Å². The van der Waals surface area contributed by atoms with Gasteiger partial charge in [-0.25, -0.2) is 0 Å². The molecule has 0 amide bonds. The molecule has 2 aromatic rings. The zero-order chi connectivity index (χ0) is 25.0. The largest absolute Gasteiger partial charge is 0.493 e. The van der Waals surface area contributed by atoms with Gasteiger partial charge < -0.3 is 18.9 Å². The number of rotatable bonds is 9. The van der Waals surface area contributed by atoms with Gasteiger partial charge in [0.1, 0.15) is 6.23 Å². The van der Waals surface area contributed by atoms with Crippen molar-refractivity contribution in [2.45, 2.75) is 70.9 Å². The summed E-state index contributed by atoms with van der Waals surface area (Å²) in [4.78, 5) is 2.54. The van der Waals surface area contributed by atoms with Crippen molar-refractivity contribution in [1.82, 2.24) is 4.90 Å². The van der Waals surface area contributed by atoms with Crippen LogP contribution in [0.3, 0.4) is 0 Å². The standard InChI is InChI=1S/C29H40BrNO4/c1-20-11-12-23-25(15-20)35-28(19-34-18-21-9-7-6-8-10-21)31(29(23,2)3)14-13-22-16-26(32-4)27(33-5)17-24(22)30/h6-10,16-17,20,23,25,28H,11-15,18-19H2,1-5H3/t20-,23-,25-,28+/m0/s1. The molecule has 2 fully saturated rings. The highest BCUT2D eigenvalue weighted by atomic mass is 79.9. The van der Waals surface area contributed by atoms with E-state index in [9.17, 15) is 0 Å². The van der Waals surface area contributed by atoms with E-state index in [4.69, 9.17) is 18.9 Å². The normalized spacial score (nSPS) is 26.2. The van der Waals surface area contributed by atoms with Gasteiger partial charge in [0.15, 0.2) is 11.5 Å². The summed E-state index contributed by atoms with van der Waals surface area (Å²) in [7, 11) is 3.35. The van der Waals surface area contributed by atoms with Crippen LogP contribution in [0, 0.1) is 11.8 Å². The summed E-state index contributed by atoms with van der Waals surface area (Å²) in [6.07, 6.45) is 4.72. The first-order valence-corrected chi connectivity index (χ1v) is 13.6. The lowest BCUT2D eigenvalue weighted by atomic mass is 9.69. The van der Waals surface area contributed by atoms with E-state index in [0.29, 0.717) is 31.2 Å². The Balaban J connectivity index is 1.52. The number of methoxy groups -OCH3 is 2. The Bertz CT molecular complexity index is 967. The lowest BCUT2D eigenvalue weighted by molar-refractivity contribution is -0.247. The number of fused-ring (bicyclic) bond motifs is 1. The fraction of sp³-hybridized carbons (Fsp3) is 0.586. The van der Waals surface area contributed by atoms with Gasteiger partial charge >= 0.3 is 0 Å². The average molecular weight is 547 g/mol. The SMILES string of the molecule is COc1cc(Br)c(CCN2[C@@H](COCc3ccccc3)O[C@H]3C[C@@H](C)CC[C@@H]3C2(C)C)cc1OC. The van der Waals surface area contributed by atoms with Crippen LogP contribution >= 0.6 is 15.9 Å². The van der Waals surface area contributed by atoms with Crippen molar-refractivity contribution in [3.05, 3.63) is 58.1 Å². The van der Waals surface area contributed by atoms with E-state index in [1.54, 1.807) is 14.2 Å². The van der Waals surface area contributed by atoms with E-state index < -0.39 is 0 Å². The summed E-state index contributed by atoms with van der Waals surface area (Å²) in [5.41, 5.74) is 2.40. The molecule has 1 aliphatic carbocycles. The highest BCUT2D eigenvalue weighted by Gasteiger charge is 2.50. The Kier molecular flexibility index (Phi) is 8.80. The van der Waals surface area contributed by atoms with Gasteiger partial charge in [-0.3, -0.25) is 4.90 Å². The Labute approximate surface area is 219 Å². The second-order valence-electron chi connectivity index (χ2n) is 10.6. The lowest BCUT2D eigenvalue weighted by Crippen LogP contribution is -2.65. The first-order valence-electron chi connectivity index (χ1n) is 12.8. The maximum absolute atomic E-state index is 6.79. The molecule has 0 unspecified atom stereocenters. The average Bonchev–Trinajstić information content (AvgIpc) is 2.84. The minimum atomic E-state index is -0.0702. The molecule has 0 spiro atoms. The zero-order valence-corrected chi connectivity index (χ0v) is 23.3. The van der Waals surface area contributed by atoms with Gasteiger partial charge in [-0.15, -0.1) is 0 Å². The molecule has 0 bridgehead atoms. The molecule has 192 valence electrons. The second-order valence-corrected chi connectivity index (χ2v) is 11.4. The quantitative estimate of drug-likeness (QED) is 0.361. The van der Waals surface area contributed by atoms with Crippen LogP contribution in [0.1, 0.15) is 51.2 Å². The lowest BCUT2D eigenvalue weighted by Gasteiger charge is -2.57. The minimum absolute atomic E-state index is 0.0207. The predicted molar refractivity (Wildman–Crippen MR) is 143 cm³/mol. The van der Waals surface area contributed by atoms with Crippen molar-refractivity contribution in [1.29, 1.82) is 0 Å². The van der Waals surface area contributed by atoms with Gasteiger partial charge in [0.2, 0.25) is 0 Å². The Hall–Kier alpha value is -1.60. The third-order valence-electron chi connectivity index (χ3n) is 7.93. The van der Waals surface area contributed by atoms with Crippen LogP contribution in [0.15, 0.2) is 46.9 Å². The molecule has 0 radical (unpaired) electrons. The van der Waals surface area contributed by atoms with Crippen LogP contribution in [-0.4, -0.2) is 50.1 Å². The summed E-state index contributed by atoms with van der Waals surface area (Å²) < 4.78 is 25.1. The van der Waals surface area contributed by atoms with E-state index in [-0.39, 0.29) is 11.8 Å². The maximum Gasteiger partial charge on any atom is 0.161 e. The molecule has 4 rings (SSSR count). The summed E-state index contributed by atoms with van der Waals surface area (Å²) in [6, 6.07) is 14.4. The van der Waals surface area contributed by atoms with E-state index in [1.165, 1.54) is 24.0 Å². The summed E-state index contributed by atoms with van der Waals surface area (Å²) >= 11 is 3.74. The smallest absolute Gasteiger partial charge is 0.161 e. The molecule has 2 aromatic carbocycles. The van der Waals surface area contributed by atoms with Crippen molar-refractivity contribution in [2.24, 2.45) is 11.8 Å². The number of benzene rings is 2. The first-order chi connectivity index (χ1) is 16.8. The molecule has 2 aliphatic rings. The molecule has 0 aromatic heterocycles. The summed E-state index contributed by atoms with van der Waals surface area (Å²) in [6.45, 7) is 9.19. The van der Waals surface area contributed by atoms with E-state index in [0.717, 1.165) is 35.4 Å². The van der Waals surface area contributed by atoms with E-state index >= 15 is 0 Å². The molecule has 5 nitrogen and oxygen atoms in total. The molecular weight excluding hydrogens is 506 g/mol. The highest BCUT2D eigenvalue weighted by molar-refractivity contribution is 9.10. The van der Waals surface area contributed by atoms with Crippen molar-refractivity contribution in [3.8, 4) is 11.5 Å².